The van der Waals surface area contributed by atoms with Crippen LogP contribution in [-0.2, 0) is 19.4 Å². The van der Waals surface area contributed by atoms with E-state index >= 15 is 0 Å². The lowest BCUT2D eigenvalue weighted by molar-refractivity contribution is 0.584. The lowest BCUT2D eigenvalue weighted by Crippen LogP contribution is -2.17. The molecule has 2 N–H and O–H groups in total. The standard InChI is InChI=1S/C16H21BrClN3/c1-4-14-16(18)15(21(5-2)20-14)9-13(19)12-7-6-11(17)8-10(12)3/h6-8,13H,4-5,9,19H2,1-3H3. The van der Waals surface area contributed by atoms with E-state index in [1.807, 2.05) is 10.7 Å². The first-order valence-electron chi connectivity index (χ1n) is 7.23. The van der Waals surface area contributed by atoms with E-state index < -0.39 is 0 Å². The van der Waals surface area contributed by atoms with Crippen molar-refractivity contribution in [2.45, 2.75) is 46.2 Å². The Balaban J connectivity index is 2.31. The molecule has 114 valence electrons. The van der Waals surface area contributed by atoms with Gasteiger partial charge in [-0.2, -0.15) is 5.10 Å². The van der Waals surface area contributed by atoms with E-state index in [9.17, 15) is 0 Å². The van der Waals surface area contributed by atoms with Crippen LogP contribution < -0.4 is 5.73 Å². The maximum absolute atomic E-state index is 6.46. The predicted molar refractivity (Wildman–Crippen MR) is 91.8 cm³/mol. The van der Waals surface area contributed by atoms with Crippen molar-refractivity contribution in [2.75, 3.05) is 0 Å². The molecule has 1 heterocycles. The summed E-state index contributed by atoms with van der Waals surface area (Å²) >= 11 is 9.94. The minimum atomic E-state index is -0.0812. The summed E-state index contributed by atoms with van der Waals surface area (Å²) < 4.78 is 3.04. The number of hydrogen-bond acceptors (Lipinski definition) is 2. The second-order valence-corrected chi connectivity index (χ2v) is 6.48. The molecule has 2 aromatic rings. The molecule has 5 heteroatoms. The molecule has 0 fully saturated rings. The van der Waals surface area contributed by atoms with Crippen molar-refractivity contribution < 1.29 is 0 Å². The highest BCUT2D eigenvalue weighted by molar-refractivity contribution is 9.10. The van der Waals surface area contributed by atoms with Gasteiger partial charge in [0.15, 0.2) is 0 Å². The topological polar surface area (TPSA) is 43.8 Å². The molecule has 0 aliphatic carbocycles. The van der Waals surface area contributed by atoms with Gasteiger partial charge in [-0.15, -0.1) is 0 Å². The normalized spacial score (nSPS) is 12.7. The summed E-state index contributed by atoms with van der Waals surface area (Å²) in [6.07, 6.45) is 1.54. The Morgan fingerprint density at radius 3 is 2.67 bits per heavy atom. The quantitative estimate of drug-likeness (QED) is 0.846. The van der Waals surface area contributed by atoms with Crippen LogP contribution in [0, 0.1) is 6.92 Å². The first-order chi connectivity index (χ1) is 9.97. The second-order valence-electron chi connectivity index (χ2n) is 5.19. The fraction of sp³-hybridized carbons (Fsp3) is 0.438. The van der Waals surface area contributed by atoms with E-state index in [2.05, 4.69) is 53.9 Å². The Morgan fingerprint density at radius 1 is 1.38 bits per heavy atom. The van der Waals surface area contributed by atoms with Crippen molar-refractivity contribution in [3.05, 3.63) is 50.2 Å². The molecule has 2 rings (SSSR count). The largest absolute Gasteiger partial charge is 0.324 e. The molecule has 0 saturated heterocycles. The lowest BCUT2D eigenvalue weighted by Gasteiger charge is -2.16. The van der Waals surface area contributed by atoms with E-state index in [0.29, 0.717) is 6.42 Å². The number of nitrogens with zero attached hydrogens (tertiary/aromatic N) is 2. The summed E-state index contributed by atoms with van der Waals surface area (Å²) in [7, 11) is 0. The van der Waals surface area contributed by atoms with Gasteiger partial charge in [0.05, 0.1) is 16.4 Å². The molecule has 1 atom stereocenters. The highest BCUT2D eigenvalue weighted by Gasteiger charge is 2.18. The van der Waals surface area contributed by atoms with Crippen LogP contribution in [0.5, 0.6) is 0 Å². The molecule has 0 saturated carbocycles. The third-order valence-electron chi connectivity index (χ3n) is 3.74. The minimum absolute atomic E-state index is 0.0812. The molecule has 0 spiro atoms. The molecule has 1 aromatic heterocycles. The summed E-state index contributed by atoms with van der Waals surface area (Å²) in [4.78, 5) is 0. The number of aromatic nitrogens is 2. The maximum Gasteiger partial charge on any atom is 0.0850 e. The average molecular weight is 371 g/mol. The molecular weight excluding hydrogens is 350 g/mol. The SMILES string of the molecule is CCc1nn(CC)c(CC(N)c2ccc(Br)cc2C)c1Cl. The number of rotatable bonds is 5. The molecule has 3 nitrogen and oxygen atoms in total. The van der Waals surface area contributed by atoms with Crippen LogP contribution >= 0.6 is 27.5 Å². The molecule has 0 bridgehead atoms. The highest BCUT2D eigenvalue weighted by Crippen LogP contribution is 2.28. The predicted octanol–water partition coefficient (Wildman–Crippen LogP) is 4.43. The lowest BCUT2D eigenvalue weighted by atomic mass is 9.98. The first-order valence-corrected chi connectivity index (χ1v) is 8.40. The van der Waals surface area contributed by atoms with Crippen molar-refractivity contribution in [3.8, 4) is 0 Å². The van der Waals surface area contributed by atoms with Crippen molar-refractivity contribution in [1.82, 2.24) is 9.78 Å². The van der Waals surface area contributed by atoms with Crippen molar-refractivity contribution in [1.29, 1.82) is 0 Å². The maximum atomic E-state index is 6.46. The number of aryl methyl sites for hydroxylation is 3. The Bertz CT molecular complexity index is 637. The van der Waals surface area contributed by atoms with Gasteiger partial charge in [-0.05, 0) is 43.5 Å². The van der Waals surface area contributed by atoms with Crippen LogP contribution in [-0.4, -0.2) is 9.78 Å². The molecular formula is C16H21BrClN3. The zero-order valence-corrected chi connectivity index (χ0v) is 15.0. The average Bonchev–Trinajstić information content (AvgIpc) is 2.75. The highest BCUT2D eigenvalue weighted by atomic mass is 79.9. The Labute approximate surface area is 139 Å². The van der Waals surface area contributed by atoms with Gasteiger partial charge in [0, 0.05) is 23.5 Å². The molecule has 1 unspecified atom stereocenters. The van der Waals surface area contributed by atoms with E-state index in [4.69, 9.17) is 17.3 Å². The smallest absolute Gasteiger partial charge is 0.0850 e. The van der Waals surface area contributed by atoms with Crippen molar-refractivity contribution in [2.24, 2.45) is 5.73 Å². The molecule has 0 amide bonds. The van der Waals surface area contributed by atoms with Crippen LogP contribution in [0.15, 0.2) is 22.7 Å². The van der Waals surface area contributed by atoms with Gasteiger partial charge in [-0.25, -0.2) is 0 Å². The zero-order chi connectivity index (χ0) is 15.6. The number of benzene rings is 1. The van der Waals surface area contributed by atoms with E-state index in [-0.39, 0.29) is 6.04 Å². The number of hydrogen-bond donors (Lipinski definition) is 1. The Kier molecular flexibility index (Phi) is 5.47. The molecule has 0 radical (unpaired) electrons. The van der Waals surface area contributed by atoms with Crippen LogP contribution in [0.2, 0.25) is 5.02 Å². The van der Waals surface area contributed by atoms with Gasteiger partial charge in [-0.3, -0.25) is 4.68 Å². The van der Waals surface area contributed by atoms with Gasteiger partial charge in [0.25, 0.3) is 0 Å². The van der Waals surface area contributed by atoms with E-state index in [1.165, 1.54) is 5.56 Å². The molecule has 0 aliphatic heterocycles. The van der Waals surface area contributed by atoms with Crippen LogP contribution in [0.4, 0.5) is 0 Å². The van der Waals surface area contributed by atoms with Gasteiger partial charge in [0.2, 0.25) is 0 Å². The van der Waals surface area contributed by atoms with Gasteiger partial charge in [0.1, 0.15) is 0 Å². The third kappa shape index (κ3) is 3.50. The van der Waals surface area contributed by atoms with Gasteiger partial charge >= 0.3 is 0 Å². The molecule has 1 aromatic carbocycles. The van der Waals surface area contributed by atoms with Crippen LogP contribution in [0.3, 0.4) is 0 Å². The second kappa shape index (κ2) is 6.95. The van der Waals surface area contributed by atoms with Gasteiger partial charge in [-0.1, -0.05) is 40.5 Å². The zero-order valence-electron chi connectivity index (χ0n) is 12.7. The van der Waals surface area contributed by atoms with Crippen molar-refractivity contribution >= 4 is 27.5 Å². The fourth-order valence-corrected chi connectivity index (χ4v) is 3.41. The van der Waals surface area contributed by atoms with E-state index in [0.717, 1.165) is 39.4 Å². The van der Waals surface area contributed by atoms with Crippen LogP contribution in [0.1, 0.15) is 42.4 Å². The monoisotopic (exact) mass is 369 g/mol. The van der Waals surface area contributed by atoms with Crippen LogP contribution in [0.25, 0.3) is 0 Å². The minimum Gasteiger partial charge on any atom is -0.324 e. The Hall–Kier alpha value is -0.840. The van der Waals surface area contributed by atoms with Gasteiger partial charge < -0.3 is 5.73 Å². The number of halogens is 2. The molecule has 21 heavy (non-hydrogen) atoms. The summed E-state index contributed by atoms with van der Waals surface area (Å²) in [6.45, 7) is 7.02. The van der Waals surface area contributed by atoms with E-state index in [1.54, 1.807) is 0 Å². The number of nitrogens with two attached hydrogens (primary N) is 1. The third-order valence-corrected chi connectivity index (χ3v) is 4.67. The fourth-order valence-electron chi connectivity index (χ4n) is 2.59. The summed E-state index contributed by atoms with van der Waals surface area (Å²) in [5, 5.41) is 5.32. The summed E-state index contributed by atoms with van der Waals surface area (Å²) in [5.41, 5.74) is 10.7. The summed E-state index contributed by atoms with van der Waals surface area (Å²) in [5.74, 6) is 0. The first kappa shape index (κ1) is 16.5. The Morgan fingerprint density at radius 2 is 2.10 bits per heavy atom. The van der Waals surface area contributed by atoms with Crippen molar-refractivity contribution in [3.63, 3.8) is 0 Å². The summed E-state index contributed by atoms with van der Waals surface area (Å²) in [6, 6.07) is 6.11. The molecule has 0 aliphatic rings.